The van der Waals surface area contributed by atoms with Crippen LogP contribution in [0.25, 0.3) is 0 Å². The Morgan fingerprint density at radius 3 is 1.59 bits per heavy atom. The van der Waals surface area contributed by atoms with Crippen LogP contribution in [0.2, 0.25) is 39.3 Å². The first-order valence-corrected chi connectivity index (χ1v) is 24.4. The number of hydrogen-bond acceptors (Lipinski definition) is 7. The van der Waals surface area contributed by atoms with Gasteiger partial charge in [0.05, 0.1) is 38.0 Å². The number of carbonyl (C=O) groups is 2. The molecule has 292 valence electrons. The normalized spacial score (nSPS) is 13.1. The van der Waals surface area contributed by atoms with Gasteiger partial charge in [0.1, 0.15) is 21.3 Å². The molecule has 14 heteroatoms. The maximum absolute atomic E-state index is 11.7. The van der Waals surface area contributed by atoms with Gasteiger partial charge in [-0.15, -0.1) is 11.5 Å². The van der Waals surface area contributed by atoms with Gasteiger partial charge in [-0.25, -0.2) is 9.59 Å². The molecule has 0 bridgehead atoms. The second-order valence-corrected chi connectivity index (χ2v) is 22.6. The predicted octanol–water partition coefficient (Wildman–Crippen LogP) is 5.99. The molecule has 1 N–H and O–H groups in total. The van der Waals surface area contributed by atoms with Gasteiger partial charge in [0, 0.05) is 19.6 Å². The van der Waals surface area contributed by atoms with Crippen molar-refractivity contribution in [1.29, 1.82) is 0 Å². The van der Waals surface area contributed by atoms with Crippen LogP contribution in [-0.4, -0.2) is 86.0 Å². The van der Waals surface area contributed by atoms with Crippen molar-refractivity contribution in [2.24, 2.45) is 0 Å². The fourth-order valence-corrected chi connectivity index (χ4v) is 3.76. The van der Waals surface area contributed by atoms with Crippen molar-refractivity contribution in [2.75, 3.05) is 33.0 Å². The van der Waals surface area contributed by atoms with Crippen molar-refractivity contribution in [3.63, 3.8) is 0 Å². The van der Waals surface area contributed by atoms with E-state index in [1.54, 1.807) is 42.5 Å². The topological polar surface area (TPSA) is 94.6 Å². The summed E-state index contributed by atoms with van der Waals surface area (Å²) in [5, 5.41) is 9.79. The minimum Gasteiger partial charge on any atom is -0.701 e. The summed E-state index contributed by atoms with van der Waals surface area (Å²) in [7, 11) is -6.24. The molecule has 1 aliphatic heterocycles. The third kappa shape index (κ3) is 41.5. The quantitative estimate of drug-likeness (QED) is 0.0667. The average Bonchev–Trinajstić information content (AvgIpc) is 3.93. The van der Waals surface area contributed by atoms with Gasteiger partial charge >= 0.3 is 38.3 Å². The Morgan fingerprint density at radius 2 is 1.26 bits per heavy atom. The minimum absolute atomic E-state index is 0. The number of hydrogen-bond donors (Lipinski definition) is 1. The number of halogens is 3. The summed E-state index contributed by atoms with van der Waals surface area (Å²) >= 11 is 0. The fraction of sp³-hybridized carbons (Fsp3) is 0.450. The van der Waals surface area contributed by atoms with Gasteiger partial charge in [-0.2, -0.15) is 0 Å². The van der Waals surface area contributed by atoms with E-state index in [4.69, 9.17) is 25.4 Å². The van der Waals surface area contributed by atoms with Gasteiger partial charge in [-0.1, -0.05) is 100.0 Å². The third-order valence-corrected chi connectivity index (χ3v) is 7.44. The number of epoxide rings is 1. The van der Waals surface area contributed by atoms with Gasteiger partial charge < -0.3 is 36.0 Å². The number of aliphatic hydroxyl groups is 1. The summed E-state index contributed by atoms with van der Waals surface area (Å²) in [6.45, 7) is 19.8. The van der Waals surface area contributed by atoms with Crippen LogP contribution in [0.5, 0.6) is 0 Å². The van der Waals surface area contributed by atoms with Crippen molar-refractivity contribution in [3.05, 3.63) is 103 Å². The zero-order chi connectivity index (χ0) is 40.5. The number of ether oxygens (including phenoxy) is 4. The van der Waals surface area contributed by atoms with Gasteiger partial charge in [-0.3, -0.25) is 12.9 Å². The molecule has 54 heavy (non-hydrogen) atoms. The maximum atomic E-state index is 11.7. The largest absolute Gasteiger partial charge is 1.00 e. The number of carbonyl (C=O) groups excluding carboxylic acids is 2. The molecule has 1 saturated heterocycles. The summed E-state index contributed by atoms with van der Waals surface area (Å²) in [4.78, 5) is 23.1. The van der Waals surface area contributed by atoms with E-state index in [2.05, 4.69) is 56.3 Å². The number of benzene rings is 2. The molecule has 2 aromatic rings. The van der Waals surface area contributed by atoms with Crippen LogP contribution in [0.15, 0.2) is 85.0 Å². The van der Waals surface area contributed by atoms with E-state index >= 15 is 0 Å². The van der Waals surface area contributed by atoms with Gasteiger partial charge in [0.2, 0.25) is 0 Å². The molecule has 1 heterocycles. The SMILES string of the molecule is CCOCC.C[Si](C)(C)C#CC[C@@H](O)C/C=C/COC(=O)c1ccccc1.FB(F)F.O=C(OC/C=C/C[C@H]1CO1)c1ccccc1.[C-]#C[Si](C)(C)C.[Li+]. The van der Waals surface area contributed by atoms with Crippen molar-refractivity contribution in [3.8, 4) is 17.0 Å². The maximum Gasteiger partial charge on any atom is 1.00 e. The number of esters is 2. The van der Waals surface area contributed by atoms with Gasteiger partial charge in [0.15, 0.2) is 0 Å². The third-order valence-electron chi connectivity index (χ3n) is 5.77. The van der Waals surface area contributed by atoms with E-state index in [-0.39, 0.29) is 37.4 Å². The molecule has 0 radical (unpaired) electrons. The van der Waals surface area contributed by atoms with E-state index in [0.717, 1.165) is 26.2 Å². The molecule has 0 aliphatic carbocycles. The number of rotatable bonds is 13. The zero-order valence-electron chi connectivity index (χ0n) is 33.5. The van der Waals surface area contributed by atoms with E-state index in [1.807, 2.05) is 56.3 Å². The van der Waals surface area contributed by atoms with Crippen LogP contribution in [0.1, 0.15) is 53.8 Å². The Balaban J connectivity index is -0.000000704. The molecule has 0 saturated carbocycles. The molecule has 0 aromatic heterocycles. The van der Waals surface area contributed by atoms with Crippen LogP contribution < -0.4 is 18.9 Å². The van der Waals surface area contributed by atoms with E-state index in [0.29, 0.717) is 36.7 Å². The summed E-state index contributed by atoms with van der Waals surface area (Å²) in [6.07, 6.45) is 15.9. The van der Waals surface area contributed by atoms with Crippen molar-refractivity contribution in [2.45, 2.75) is 84.6 Å². The standard InChI is InChI=1S/C18H24O3Si.C13H14O3.C5H9Si.C4H10O.BF3.Li/c1-22(2,3)15-9-13-17(19)12-7-8-14-21-18(20)16-10-5-4-6-11-16;14-13(11-6-2-1-3-7-11)15-9-5-4-8-12-10-16-12;1-5-6(2,3)4;1-3-5-4-2;2-1(3)4;/h4-8,10-11,17,19H,12-14H2,1-3H3;1-7,12H,8-10H2;2-4H3;3-4H2,1-2H3;;/q;;-1;;;+1/b8-7+;5-4+;;;;/t17-;12-;;;;/m00..../s1. The number of aliphatic hydroxyl groups excluding tert-OH is 1. The Kier molecular flexibility index (Phi) is 34.9. The predicted molar refractivity (Wildman–Crippen MR) is 214 cm³/mol. The van der Waals surface area contributed by atoms with Crippen LogP contribution >= 0.6 is 0 Å². The average molecular weight is 781 g/mol. The van der Waals surface area contributed by atoms with Gasteiger partial charge in [0.25, 0.3) is 0 Å². The van der Waals surface area contributed by atoms with Crippen molar-refractivity contribution in [1.82, 2.24) is 0 Å². The molecule has 1 aliphatic rings. The Labute approximate surface area is 336 Å². The fourth-order valence-electron chi connectivity index (χ4n) is 3.13. The molecule has 2 atom stereocenters. The molecule has 0 spiro atoms. The second-order valence-electron chi connectivity index (χ2n) is 13.1. The Bertz CT molecular complexity index is 1400. The van der Waals surface area contributed by atoms with Crippen molar-refractivity contribution >= 4 is 35.6 Å². The molecule has 2 aromatic carbocycles. The van der Waals surface area contributed by atoms with Crippen LogP contribution in [0.3, 0.4) is 0 Å². The second kappa shape index (κ2) is 34.3. The Hall–Kier alpha value is -3.25. The Morgan fingerprint density at radius 1 is 0.852 bits per heavy atom. The van der Waals surface area contributed by atoms with Gasteiger partial charge in [-0.05, 0) is 51.0 Å². The first-order chi connectivity index (χ1) is 24.9. The molecule has 3 rings (SSSR count). The van der Waals surface area contributed by atoms with Crippen LogP contribution in [-0.2, 0) is 18.9 Å². The molecule has 7 nitrogen and oxygen atoms in total. The minimum atomic E-state index is -3.67. The molecule has 1 fully saturated rings. The smallest absolute Gasteiger partial charge is 0.701 e. The van der Waals surface area contributed by atoms with Crippen LogP contribution in [0, 0.1) is 23.4 Å². The molecule has 0 unspecified atom stereocenters. The summed E-state index contributed by atoms with van der Waals surface area (Å²) in [5.41, 5.74) is 6.84. The summed E-state index contributed by atoms with van der Waals surface area (Å²) < 4.78 is 49.0. The van der Waals surface area contributed by atoms with Crippen molar-refractivity contribution < 1.29 is 65.5 Å². The molecular formula is C40H57BF3LiO7Si2. The first kappa shape index (κ1) is 55.1. The summed E-state index contributed by atoms with van der Waals surface area (Å²) in [5.74, 6) is 2.42. The summed E-state index contributed by atoms with van der Waals surface area (Å²) in [6, 6.07) is 17.9. The van der Waals surface area contributed by atoms with Crippen LogP contribution in [0.4, 0.5) is 12.9 Å². The van der Waals surface area contributed by atoms with E-state index in [9.17, 15) is 27.6 Å². The first-order valence-electron chi connectivity index (χ1n) is 17.4. The van der Waals surface area contributed by atoms with E-state index < -0.39 is 29.8 Å². The molecule has 0 amide bonds. The monoisotopic (exact) mass is 780 g/mol. The molecular weight excluding hydrogens is 723 g/mol. The van der Waals surface area contributed by atoms with E-state index in [1.165, 1.54) is 0 Å². The zero-order valence-corrected chi connectivity index (χ0v) is 35.5.